The van der Waals surface area contributed by atoms with Crippen LogP contribution in [0.4, 0.5) is 10.5 Å². The Hall–Kier alpha value is -2.22. The number of hydrogen-bond acceptors (Lipinski definition) is 5. The van der Waals surface area contributed by atoms with E-state index in [1.54, 1.807) is 0 Å². The van der Waals surface area contributed by atoms with Gasteiger partial charge in [-0.05, 0) is 25.7 Å². The second-order valence-corrected chi connectivity index (χ2v) is 5.42. The van der Waals surface area contributed by atoms with Gasteiger partial charge in [-0.2, -0.15) is 0 Å². The Bertz CT molecular complexity index is 525. The molecule has 1 atom stereocenters. The average Bonchev–Trinajstić information content (AvgIpc) is 3.23. The Labute approximate surface area is 121 Å². The molecule has 1 fully saturated rings. The number of anilines is 1. The van der Waals surface area contributed by atoms with Crippen LogP contribution in [0.1, 0.15) is 25.6 Å². The van der Waals surface area contributed by atoms with Gasteiger partial charge in [0.05, 0.1) is 24.6 Å². The van der Waals surface area contributed by atoms with Crippen molar-refractivity contribution in [1.82, 2.24) is 15.3 Å². The lowest BCUT2D eigenvalue weighted by Crippen LogP contribution is -2.47. The summed E-state index contributed by atoms with van der Waals surface area (Å²) in [5.41, 5.74) is -1.61. The van der Waals surface area contributed by atoms with Gasteiger partial charge in [-0.25, -0.2) is 19.6 Å². The van der Waals surface area contributed by atoms with Crippen LogP contribution in [0.25, 0.3) is 0 Å². The normalized spacial score (nSPS) is 16.9. The van der Waals surface area contributed by atoms with Gasteiger partial charge in [0.2, 0.25) is 0 Å². The summed E-state index contributed by atoms with van der Waals surface area (Å²) in [7, 11) is 0. The van der Waals surface area contributed by atoms with E-state index in [2.05, 4.69) is 20.6 Å². The number of aromatic nitrogens is 2. The Morgan fingerprint density at radius 3 is 2.52 bits per heavy atom. The van der Waals surface area contributed by atoms with E-state index in [9.17, 15) is 14.7 Å². The molecule has 0 aromatic carbocycles. The van der Waals surface area contributed by atoms with Gasteiger partial charge in [-0.15, -0.1) is 0 Å². The Morgan fingerprint density at radius 1 is 1.38 bits per heavy atom. The van der Waals surface area contributed by atoms with E-state index in [0.717, 1.165) is 19.2 Å². The molecule has 1 aromatic rings. The molecule has 0 saturated heterocycles. The predicted octanol–water partition coefficient (Wildman–Crippen LogP) is 0.386. The summed E-state index contributed by atoms with van der Waals surface area (Å²) in [5.74, 6) is 0.0261. The minimum atomic E-state index is -2.01. The largest absolute Gasteiger partial charge is 0.479 e. The third-order valence-corrected chi connectivity index (χ3v) is 3.19. The summed E-state index contributed by atoms with van der Waals surface area (Å²) in [6, 6.07) is -0.630. The van der Waals surface area contributed by atoms with E-state index < -0.39 is 24.1 Å². The molecule has 114 valence electrons. The number of carboxylic acid groups (broad SMARTS) is 1. The molecular weight excluding hydrogens is 276 g/mol. The molecule has 8 nitrogen and oxygen atoms in total. The van der Waals surface area contributed by atoms with Gasteiger partial charge < -0.3 is 20.8 Å². The highest BCUT2D eigenvalue weighted by Crippen LogP contribution is 2.31. The predicted molar refractivity (Wildman–Crippen MR) is 73.7 cm³/mol. The lowest BCUT2D eigenvalue weighted by molar-refractivity contribution is -0.155. The maximum atomic E-state index is 11.6. The zero-order valence-corrected chi connectivity index (χ0v) is 11.7. The fourth-order valence-electron chi connectivity index (χ4n) is 1.61. The summed E-state index contributed by atoms with van der Waals surface area (Å²) in [6.07, 6.45) is 6.29. The molecular formula is C13H18N4O4. The highest BCUT2D eigenvalue weighted by Gasteiger charge is 2.30. The third-order valence-electron chi connectivity index (χ3n) is 3.19. The van der Waals surface area contributed by atoms with Crippen molar-refractivity contribution in [2.45, 2.75) is 31.8 Å². The molecule has 0 aliphatic heterocycles. The number of carboxylic acids is 1. The molecule has 0 spiro atoms. The number of nitrogens with one attached hydrogen (secondary N) is 2. The van der Waals surface area contributed by atoms with Crippen molar-refractivity contribution in [2.75, 3.05) is 11.9 Å². The first-order valence-corrected chi connectivity index (χ1v) is 6.68. The highest BCUT2D eigenvalue weighted by atomic mass is 16.4. The summed E-state index contributed by atoms with van der Waals surface area (Å²) in [4.78, 5) is 30.6. The maximum Gasteiger partial charge on any atom is 0.337 e. The van der Waals surface area contributed by atoms with Crippen LogP contribution in [-0.4, -0.2) is 44.3 Å². The summed E-state index contributed by atoms with van der Waals surface area (Å²) in [5, 5.41) is 22.9. The van der Waals surface area contributed by atoms with Crippen molar-refractivity contribution in [1.29, 1.82) is 0 Å². The van der Waals surface area contributed by atoms with Crippen molar-refractivity contribution in [3.63, 3.8) is 0 Å². The van der Waals surface area contributed by atoms with E-state index in [1.165, 1.54) is 25.2 Å². The van der Waals surface area contributed by atoms with Crippen LogP contribution < -0.4 is 10.6 Å². The van der Waals surface area contributed by atoms with E-state index in [4.69, 9.17) is 5.11 Å². The van der Waals surface area contributed by atoms with Crippen molar-refractivity contribution < 1.29 is 19.8 Å². The molecule has 1 saturated carbocycles. The van der Waals surface area contributed by atoms with Gasteiger partial charge in [-0.3, -0.25) is 0 Å². The topological polar surface area (TPSA) is 124 Å². The minimum absolute atomic E-state index is 0.405. The van der Waals surface area contributed by atoms with Crippen LogP contribution in [0.5, 0.6) is 0 Å². The minimum Gasteiger partial charge on any atom is -0.479 e. The van der Waals surface area contributed by atoms with Crippen molar-refractivity contribution in [2.24, 2.45) is 5.92 Å². The van der Waals surface area contributed by atoms with Gasteiger partial charge in [0.15, 0.2) is 5.60 Å². The monoisotopic (exact) mass is 294 g/mol. The SMILES string of the molecule is CC(O)(CNC(=O)Nc1cnc(CC2CC2)nc1)C(=O)O. The quantitative estimate of drug-likeness (QED) is 0.601. The van der Waals surface area contributed by atoms with Crippen LogP contribution in [0.3, 0.4) is 0 Å². The lowest BCUT2D eigenvalue weighted by atomic mass is 10.1. The van der Waals surface area contributed by atoms with Gasteiger partial charge in [0.1, 0.15) is 5.82 Å². The van der Waals surface area contributed by atoms with E-state index in [0.29, 0.717) is 11.6 Å². The number of nitrogens with zero attached hydrogens (tertiary/aromatic N) is 2. The summed E-state index contributed by atoms with van der Waals surface area (Å²) >= 11 is 0. The molecule has 0 bridgehead atoms. The summed E-state index contributed by atoms with van der Waals surface area (Å²) in [6.45, 7) is 0.695. The molecule has 1 aliphatic carbocycles. The van der Waals surface area contributed by atoms with Crippen molar-refractivity contribution >= 4 is 17.7 Å². The van der Waals surface area contributed by atoms with Crippen LogP contribution in [0.2, 0.25) is 0 Å². The molecule has 21 heavy (non-hydrogen) atoms. The first kappa shape index (κ1) is 15.2. The van der Waals surface area contributed by atoms with Crippen LogP contribution in [0, 0.1) is 5.92 Å². The highest BCUT2D eigenvalue weighted by molar-refractivity contribution is 5.89. The standard InChI is InChI=1S/C13H18N4O4/c1-13(21,11(18)19)7-16-12(20)17-9-5-14-10(15-6-9)4-8-2-3-8/h5-6,8,21H,2-4,7H2,1H3,(H,18,19)(H2,16,17,20). The molecule has 1 aliphatic rings. The Kier molecular flexibility index (Phi) is 4.37. The van der Waals surface area contributed by atoms with Crippen LogP contribution >= 0.6 is 0 Å². The van der Waals surface area contributed by atoms with E-state index >= 15 is 0 Å². The zero-order chi connectivity index (χ0) is 15.5. The second-order valence-electron chi connectivity index (χ2n) is 5.42. The molecule has 8 heteroatoms. The number of hydrogen-bond donors (Lipinski definition) is 4. The molecule has 4 N–H and O–H groups in total. The Balaban J connectivity index is 1.80. The molecule has 1 aromatic heterocycles. The number of amides is 2. The van der Waals surface area contributed by atoms with Gasteiger partial charge >= 0.3 is 12.0 Å². The molecule has 2 amide bonds. The molecule has 1 unspecified atom stereocenters. The first-order chi connectivity index (χ1) is 9.87. The van der Waals surface area contributed by atoms with E-state index in [1.807, 2.05) is 0 Å². The van der Waals surface area contributed by atoms with Gasteiger partial charge in [-0.1, -0.05) is 0 Å². The van der Waals surface area contributed by atoms with Crippen molar-refractivity contribution in [3.8, 4) is 0 Å². The smallest absolute Gasteiger partial charge is 0.337 e. The number of rotatable bonds is 6. The second kappa shape index (κ2) is 6.04. The molecule has 1 heterocycles. The number of aliphatic carboxylic acids is 1. The number of carbonyl (C=O) groups is 2. The molecule has 0 radical (unpaired) electrons. The Morgan fingerprint density at radius 2 is 2.00 bits per heavy atom. The van der Waals surface area contributed by atoms with Crippen LogP contribution in [0.15, 0.2) is 12.4 Å². The third kappa shape index (κ3) is 4.67. The van der Waals surface area contributed by atoms with Crippen molar-refractivity contribution in [3.05, 3.63) is 18.2 Å². The van der Waals surface area contributed by atoms with Gasteiger partial charge in [0, 0.05) is 6.42 Å². The first-order valence-electron chi connectivity index (χ1n) is 6.68. The van der Waals surface area contributed by atoms with E-state index in [-0.39, 0.29) is 0 Å². The number of aliphatic hydroxyl groups is 1. The summed E-state index contributed by atoms with van der Waals surface area (Å²) < 4.78 is 0. The lowest BCUT2D eigenvalue weighted by Gasteiger charge is -2.18. The fraction of sp³-hybridized carbons (Fsp3) is 0.538. The number of urea groups is 1. The zero-order valence-electron chi connectivity index (χ0n) is 11.7. The average molecular weight is 294 g/mol. The maximum absolute atomic E-state index is 11.6. The fourth-order valence-corrected chi connectivity index (χ4v) is 1.61. The van der Waals surface area contributed by atoms with Gasteiger partial charge in [0.25, 0.3) is 0 Å². The number of carbonyl (C=O) groups excluding carboxylic acids is 1. The van der Waals surface area contributed by atoms with Crippen LogP contribution in [-0.2, 0) is 11.2 Å². The molecule has 2 rings (SSSR count).